The normalized spacial score (nSPS) is 22.4. The maximum Gasteiger partial charge on any atom is 0.0820 e. The number of hydrogen-bond donors (Lipinski definition) is 0. The largest absolute Gasteiger partial charge is 0.283 e. The third-order valence-corrected chi connectivity index (χ3v) is 1.65. The number of allylic oxidation sites excluding steroid dienone is 1. The summed E-state index contributed by atoms with van der Waals surface area (Å²) in [5.41, 5.74) is 2.16. The van der Waals surface area contributed by atoms with Gasteiger partial charge in [0, 0.05) is 6.54 Å². The highest BCUT2D eigenvalue weighted by atomic mass is 14.9. The fourth-order valence-electron chi connectivity index (χ4n) is 1.17. The molecule has 1 radical (unpaired) electrons. The molecule has 0 aromatic rings. The monoisotopic (exact) mass is 133 g/mol. The third kappa shape index (κ3) is 0.856. The van der Waals surface area contributed by atoms with Crippen molar-refractivity contribution in [2.75, 3.05) is 13.1 Å². The molecule has 2 heterocycles. The van der Waals surface area contributed by atoms with Gasteiger partial charge >= 0.3 is 0 Å². The summed E-state index contributed by atoms with van der Waals surface area (Å²) in [4.78, 5) is 4.32. The van der Waals surface area contributed by atoms with Crippen LogP contribution >= 0.6 is 0 Å². The van der Waals surface area contributed by atoms with E-state index in [1.165, 1.54) is 0 Å². The van der Waals surface area contributed by atoms with Gasteiger partial charge in [-0.2, -0.15) is 0 Å². The van der Waals surface area contributed by atoms with Gasteiger partial charge in [-0.05, 0) is 12.5 Å². The van der Waals surface area contributed by atoms with Crippen LogP contribution in [0.2, 0.25) is 0 Å². The van der Waals surface area contributed by atoms with Crippen molar-refractivity contribution in [1.29, 1.82) is 0 Å². The molecule has 0 aliphatic carbocycles. The van der Waals surface area contributed by atoms with E-state index in [4.69, 9.17) is 0 Å². The maximum atomic E-state index is 4.32. The fourth-order valence-corrected chi connectivity index (χ4v) is 1.17. The molecule has 0 aromatic heterocycles. The third-order valence-electron chi connectivity index (χ3n) is 1.65. The number of rotatable bonds is 0. The molecule has 0 bridgehead atoms. The van der Waals surface area contributed by atoms with Gasteiger partial charge in [0.1, 0.15) is 0 Å². The molecule has 10 heavy (non-hydrogen) atoms. The first-order valence-corrected chi connectivity index (χ1v) is 3.56. The lowest BCUT2D eigenvalue weighted by atomic mass is 10.1. The summed E-state index contributed by atoms with van der Waals surface area (Å²) in [6, 6.07) is 0. The minimum atomic E-state index is 0.824. The van der Waals surface area contributed by atoms with Crippen molar-refractivity contribution in [3.8, 4) is 0 Å². The molecule has 2 aliphatic rings. The second-order valence-electron chi connectivity index (χ2n) is 2.39. The van der Waals surface area contributed by atoms with E-state index in [0.29, 0.717) is 0 Å². The topological polar surface area (TPSA) is 26.5 Å². The summed E-state index contributed by atoms with van der Waals surface area (Å²) in [7, 11) is 0. The van der Waals surface area contributed by atoms with E-state index in [2.05, 4.69) is 22.5 Å². The van der Waals surface area contributed by atoms with Gasteiger partial charge in [0.05, 0.1) is 18.0 Å². The highest BCUT2D eigenvalue weighted by Crippen LogP contribution is 2.09. The van der Waals surface area contributed by atoms with Gasteiger partial charge in [-0.3, -0.25) is 10.3 Å². The number of dihydropyridines is 1. The summed E-state index contributed by atoms with van der Waals surface area (Å²) in [5.74, 6) is 0. The van der Waals surface area contributed by atoms with Crippen LogP contribution in [0.25, 0.3) is 0 Å². The molecule has 0 aromatic carbocycles. The molecule has 0 atom stereocenters. The molecular weight excluding hydrogens is 124 g/mol. The van der Waals surface area contributed by atoms with Crippen LogP contribution in [-0.2, 0) is 0 Å². The van der Waals surface area contributed by atoms with Crippen molar-refractivity contribution in [3.63, 3.8) is 0 Å². The van der Waals surface area contributed by atoms with Crippen LogP contribution in [0.5, 0.6) is 0 Å². The van der Waals surface area contributed by atoms with Crippen LogP contribution in [0.4, 0.5) is 0 Å². The second kappa shape index (κ2) is 2.29. The van der Waals surface area contributed by atoms with Gasteiger partial charge in [-0.1, -0.05) is 12.2 Å². The molecule has 0 saturated carbocycles. The Bertz CT molecular complexity index is 223. The Morgan fingerprint density at radius 3 is 3.30 bits per heavy atom. The van der Waals surface area contributed by atoms with Crippen molar-refractivity contribution in [3.05, 3.63) is 23.9 Å². The lowest BCUT2D eigenvalue weighted by molar-refractivity contribution is 0.868. The van der Waals surface area contributed by atoms with E-state index in [1.54, 1.807) is 0 Å². The summed E-state index contributed by atoms with van der Waals surface area (Å²) in [6.45, 7) is 1.75. The minimum absolute atomic E-state index is 0.824. The molecular formula is C8H9N2. The van der Waals surface area contributed by atoms with Crippen LogP contribution in [0.1, 0.15) is 6.42 Å². The van der Waals surface area contributed by atoms with Crippen LogP contribution < -0.4 is 5.32 Å². The molecule has 0 unspecified atom stereocenters. The van der Waals surface area contributed by atoms with E-state index in [1.807, 2.05) is 6.08 Å². The zero-order valence-corrected chi connectivity index (χ0v) is 5.75. The first-order chi connectivity index (χ1) is 4.97. The fraction of sp³-hybridized carbons (Fsp3) is 0.375. The first-order valence-electron chi connectivity index (χ1n) is 3.56. The lowest BCUT2D eigenvalue weighted by Crippen LogP contribution is -2.20. The second-order valence-corrected chi connectivity index (χ2v) is 2.39. The summed E-state index contributed by atoms with van der Waals surface area (Å²) >= 11 is 0. The Kier molecular flexibility index (Phi) is 1.31. The molecule has 0 spiro atoms. The molecule has 0 N–H and O–H groups in total. The molecule has 51 valence electrons. The molecule has 0 fully saturated rings. The lowest BCUT2D eigenvalue weighted by Gasteiger charge is -2.14. The minimum Gasteiger partial charge on any atom is -0.283 e. The quantitative estimate of drug-likeness (QED) is 0.469. The standard InChI is InChI=1S/C8H9N2/c1-3-7-8(9-5-1)4-2-6-10-7/h1,3-4H,2,5-6H2. The van der Waals surface area contributed by atoms with Crippen molar-refractivity contribution < 1.29 is 0 Å². The van der Waals surface area contributed by atoms with Crippen LogP contribution in [0.15, 0.2) is 28.9 Å². The Morgan fingerprint density at radius 1 is 1.40 bits per heavy atom. The van der Waals surface area contributed by atoms with E-state index in [0.717, 1.165) is 30.9 Å². The Morgan fingerprint density at radius 2 is 2.40 bits per heavy atom. The number of fused-ring (bicyclic) bond motifs is 1. The van der Waals surface area contributed by atoms with Crippen molar-refractivity contribution >= 4 is 5.71 Å². The van der Waals surface area contributed by atoms with E-state index < -0.39 is 0 Å². The zero-order chi connectivity index (χ0) is 6.81. The van der Waals surface area contributed by atoms with Gasteiger partial charge in [0.15, 0.2) is 0 Å². The number of nitrogens with zero attached hydrogens (tertiary/aromatic N) is 2. The highest BCUT2D eigenvalue weighted by molar-refractivity contribution is 6.09. The van der Waals surface area contributed by atoms with Crippen molar-refractivity contribution in [2.45, 2.75) is 6.42 Å². The average Bonchev–Trinajstić information content (AvgIpc) is 2.05. The molecule has 2 rings (SSSR count). The van der Waals surface area contributed by atoms with E-state index >= 15 is 0 Å². The predicted octanol–water partition coefficient (Wildman–Crippen LogP) is 0.889. The molecule has 2 heteroatoms. The Hall–Kier alpha value is -1.05. The Labute approximate surface area is 60.3 Å². The zero-order valence-electron chi connectivity index (χ0n) is 5.75. The summed E-state index contributed by atoms with van der Waals surface area (Å²) < 4.78 is 0. The predicted molar refractivity (Wildman–Crippen MR) is 41.1 cm³/mol. The average molecular weight is 133 g/mol. The van der Waals surface area contributed by atoms with Crippen LogP contribution in [0.3, 0.4) is 0 Å². The van der Waals surface area contributed by atoms with E-state index in [9.17, 15) is 0 Å². The summed E-state index contributed by atoms with van der Waals surface area (Å²) in [5, 5.41) is 4.29. The van der Waals surface area contributed by atoms with Gasteiger partial charge in [0.2, 0.25) is 0 Å². The highest BCUT2D eigenvalue weighted by Gasteiger charge is 2.10. The maximum absolute atomic E-state index is 4.32. The number of hydrogen-bond acceptors (Lipinski definition) is 1. The van der Waals surface area contributed by atoms with Gasteiger partial charge in [0.25, 0.3) is 0 Å². The molecule has 0 amide bonds. The van der Waals surface area contributed by atoms with Crippen LogP contribution in [0, 0.1) is 0 Å². The van der Waals surface area contributed by atoms with Gasteiger partial charge in [-0.15, -0.1) is 0 Å². The molecule has 2 aliphatic heterocycles. The van der Waals surface area contributed by atoms with Gasteiger partial charge in [-0.25, -0.2) is 0 Å². The molecule has 2 nitrogen and oxygen atoms in total. The van der Waals surface area contributed by atoms with Crippen molar-refractivity contribution in [1.82, 2.24) is 5.32 Å². The Balaban J connectivity index is 2.33. The van der Waals surface area contributed by atoms with E-state index in [-0.39, 0.29) is 0 Å². The smallest absolute Gasteiger partial charge is 0.0820 e. The van der Waals surface area contributed by atoms with Crippen molar-refractivity contribution in [2.24, 2.45) is 4.99 Å². The molecule has 0 saturated heterocycles. The van der Waals surface area contributed by atoms with Gasteiger partial charge < -0.3 is 0 Å². The summed E-state index contributed by atoms with van der Waals surface area (Å²) in [6.07, 6.45) is 7.31. The van der Waals surface area contributed by atoms with Crippen LogP contribution in [-0.4, -0.2) is 18.8 Å². The number of aliphatic imine (C=N–C) groups is 1. The first kappa shape index (κ1) is 5.71. The SMILES string of the molecule is C1=CC2=NCCC=C2[N]C1.